The second-order valence-corrected chi connectivity index (χ2v) is 7.33. The number of aryl methyl sites for hydroxylation is 1. The van der Waals surface area contributed by atoms with Crippen molar-refractivity contribution in [2.24, 2.45) is 11.8 Å². The molecule has 0 bridgehead atoms. The van der Waals surface area contributed by atoms with Crippen LogP contribution in [0.4, 0.5) is 5.82 Å². The zero-order valence-corrected chi connectivity index (χ0v) is 14.4. The Hall–Kier alpha value is -2.47. The summed E-state index contributed by atoms with van der Waals surface area (Å²) in [6.07, 6.45) is 1.59. The fourth-order valence-electron chi connectivity index (χ4n) is 4.38. The molecule has 2 atom stereocenters. The molecule has 0 spiro atoms. The highest BCUT2D eigenvalue weighted by molar-refractivity contribution is 5.48. The maximum Gasteiger partial charge on any atom is 0.254 e. The average Bonchev–Trinajstić information content (AvgIpc) is 3.29. The highest BCUT2D eigenvalue weighted by atomic mass is 15.4. The number of benzene rings is 1. The maximum absolute atomic E-state index is 4.45. The largest absolute Gasteiger partial charge is 0.356 e. The van der Waals surface area contributed by atoms with Crippen molar-refractivity contribution in [3.05, 3.63) is 54.0 Å². The fourth-order valence-corrected chi connectivity index (χ4v) is 4.38. The van der Waals surface area contributed by atoms with Crippen LogP contribution in [0, 0.1) is 18.8 Å². The van der Waals surface area contributed by atoms with Crippen LogP contribution >= 0.6 is 0 Å². The Morgan fingerprint density at radius 2 is 1.80 bits per heavy atom. The third kappa shape index (κ3) is 2.66. The van der Waals surface area contributed by atoms with E-state index < -0.39 is 0 Å². The molecule has 0 amide bonds. The van der Waals surface area contributed by atoms with Crippen LogP contribution in [-0.2, 0) is 6.54 Å². The number of hydrogen-bond acceptors (Lipinski definition) is 5. The summed E-state index contributed by atoms with van der Waals surface area (Å²) in [5.74, 6) is 3.29. The van der Waals surface area contributed by atoms with Crippen molar-refractivity contribution in [3.63, 3.8) is 0 Å². The van der Waals surface area contributed by atoms with E-state index >= 15 is 0 Å². The van der Waals surface area contributed by atoms with E-state index in [1.807, 2.05) is 11.4 Å². The standard InChI is InChI=1S/C19H22N6/c1-14-7-18(25-19(22-14)20-13-21-25)24-11-16-9-23(10-17(16)12-24)8-15-5-3-2-4-6-15/h2-7,13,16-17H,8-12H2,1H3. The molecule has 2 fully saturated rings. The molecule has 5 rings (SSSR count). The van der Waals surface area contributed by atoms with Crippen molar-refractivity contribution in [3.8, 4) is 0 Å². The van der Waals surface area contributed by atoms with Gasteiger partial charge in [0.05, 0.1) is 0 Å². The minimum absolute atomic E-state index is 0.692. The molecule has 2 unspecified atom stereocenters. The van der Waals surface area contributed by atoms with Gasteiger partial charge in [-0.3, -0.25) is 4.90 Å². The molecule has 128 valence electrons. The van der Waals surface area contributed by atoms with Gasteiger partial charge in [-0.05, 0) is 24.3 Å². The lowest BCUT2D eigenvalue weighted by Crippen LogP contribution is -2.30. The fraction of sp³-hybridized carbons (Fsp3) is 0.421. The van der Waals surface area contributed by atoms with Crippen LogP contribution in [0.3, 0.4) is 0 Å². The normalized spacial score (nSPS) is 23.5. The van der Waals surface area contributed by atoms with Gasteiger partial charge in [-0.1, -0.05) is 30.3 Å². The molecule has 2 aromatic heterocycles. The van der Waals surface area contributed by atoms with Gasteiger partial charge in [0.2, 0.25) is 0 Å². The Balaban J connectivity index is 1.31. The molecule has 6 nitrogen and oxygen atoms in total. The van der Waals surface area contributed by atoms with Gasteiger partial charge < -0.3 is 4.90 Å². The minimum Gasteiger partial charge on any atom is -0.356 e. The predicted molar refractivity (Wildman–Crippen MR) is 96.4 cm³/mol. The van der Waals surface area contributed by atoms with E-state index in [1.54, 1.807) is 6.33 Å². The van der Waals surface area contributed by atoms with Crippen LogP contribution in [0.25, 0.3) is 5.78 Å². The monoisotopic (exact) mass is 334 g/mol. The van der Waals surface area contributed by atoms with Crippen LogP contribution in [-0.4, -0.2) is 50.7 Å². The quantitative estimate of drug-likeness (QED) is 0.733. The summed E-state index contributed by atoms with van der Waals surface area (Å²) < 4.78 is 1.87. The van der Waals surface area contributed by atoms with Crippen molar-refractivity contribution in [2.45, 2.75) is 13.5 Å². The summed E-state index contributed by atoms with van der Waals surface area (Å²) in [6.45, 7) is 7.64. The first kappa shape index (κ1) is 14.8. The minimum atomic E-state index is 0.692. The maximum atomic E-state index is 4.45. The van der Waals surface area contributed by atoms with Gasteiger partial charge in [-0.25, -0.2) is 4.98 Å². The van der Waals surface area contributed by atoms with Crippen LogP contribution in [0.15, 0.2) is 42.7 Å². The summed E-state index contributed by atoms with van der Waals surface area (Å²) in [4.78, 5) is 13.8. The van der Waals surface area contributed by atoms with Gasteiger partial charge in [0.1, 0.15) is 12.1 Å². The van der Waals surface area contributed by atoms with E-state index in [9.17, 15) is 0 Å². The van der Waals surface area contributed by atoms with E-state index in [0.29, 0.717) is 5.78 Å². The molecular formula is C19H22N6. The molecule has 0 N–H and O–H groups in total. The lowest BCUT2D eigenvalue weighted by atomic mass is 10.0. The van der Waals surface area contributed by atoms with E-state index in [-0.39, 0.29) is 0 Å². The number of nitrogens with zero attached hydrogens (tertiary/aromatic N) is 6. The molecule has 1 aromatic carbocycles. The van der Waals surface area contributed by atoms with E-state index in [0.717, 1.165) is 43.0 Å². The Kier molecular flexibility index (Phi) is 3.45. The molecule has 4 heterocycles. The number of rotatable bonds is 3. The Labute approximate surface area is 147 Å². The second kappa shape index (κ2) is 5.81. The number of likely N-dealkylation sites (tertiary alicyclic amines) is 1. The highest BCUT2D eigenvalue weighted by Crippen LogP contribution is 2.34. The third-order valence-corrected chi connectivity index (χ3v) is 5.50. The molecule has 6 heteroatoms. The van der Waals surface area contributed by atoms with Crippen molar-refractivity contribution in [1.82, 2.24) is 24.5 Å². The van der Waals surface area contributed by atoms with Crippen molar-refractivity contribution in [1.29, 1.82) is 0 Å². The van der Waals surface area contributed by atoms with Crippen LogP contribution < -0.4 is 4.90 Å². The zero-order chi connectivity index (χ0) is 16.8. The van der Waals surface area contributed by atoms with E-state index in [2.05, 4.69) is 61.3 Å². The van der Waals surface area contributed by atoms with Gasteiger partial charge in [0.25, 0.3) is 5.78 Å². The Morgan fingerprint density at radius 1 is 1.04 bits per heavy atom. The van der Waals surface area contributed by atoms with E-state index in [1.165, 1.54) is 18.7 Å². The first-order valence-electron chi connectivity index (χ1n) is 8.95. The third-order valence-electron chi connectivity index (χ3n) is 5.50. The van der Waals surface area contributed by atoms with Crippen molar-refractivity contribution in [2.75, 3.05) is 31.1 Å². The molecule has 0 radical (unpaired) electrons. The average molecular weight is 334 g/mol. The molecule has 0 aliphatic carbocycles. The molecular weight excluding hydrogens is 312 g/mol. The molecule has 3 aromatic rings. The van der Waals surface area contributed by atoms with Crippen molar-refractivity contribution >= 4 is 11.6 Å². The number of fused-ring (bicyclic) bond motifs is 2. The molecule has 2 aliphatic rings. The first-order chi connectivity index (χ1) is 12.3. The van der Waals surface area contributed by atoms with Gasteiger partial charge in [0.15, 0.2) is 0 Å². The SMILES string of the molecule is Cc1cc(N2CC3CN(Cc4ccccc4)CC3C2)n2ncnc2n1. The Morgan fingerprint density at radius 3 is 2.56 bits per heavy atom. The smallest absolute Gasteiger partial charge is 0.254 e. The van der Waals surface area contributed by atoms with Gasteiger partial charge in [0, 0.05) is 44.5 Å². The lowest BCUT2D eigenvalue weighted by molar-refractivity contribution is 0.308. The van der Waals surface area contributed by atoms with Crippen LogP contribution in [0.1, 0.15) is 11.3 Å². The molecule has 2 aliphatic heterocycles. The lowest BCUT2D eigenvalue weighted by Gasteiger charge is -2.23. The molecule has 25 heavy (non-hydrogen) atoms. The van der Waals surface area contributed by atoms with Crippen molar-refractivity contribution < 1.29 is 0 Å². The molecule has 2 saturated heterocycles. The van der Waals surface area contributed by atoms with Crippen LogP contribution in [0.2, 0.25) is 0 Å². The number of aromatic nitrogens is 4. The summed E-state index contributed by atoms with van der Waals surface area (Å²) in [7, 11) is 0. The second-order valence-electron chi connectivity index (χ2n) is 7.33. The predicted octanol–water partition coefficient (Wildman–Crippen LogP) is 2.00. The summed E-state index contributed by atoms with van der Waals surface area (Å²) in [5.41, 5.74) is 2.41. The van der Waals surface area contributed by atoms with Crippen LogP contribution in [0.5, 0.6) is 0 Å². The van der Waals surface area contributed by atoms with Gasteiger partial charge in [-0.2, -0.15) is 14.6 Å². The Bertz CT molecular complexity index is 875. The topological polar surface area (TPSA) is 49.6 Å². The first-order valence-corrected chi connectivity index (χ1v) is 8.95. The number of anilines is 1. The molecule has 0 saturated carbocycles. The summed E-state index contributed by atoms with van der Waals surface area (Å²) in [5, 5.41) is 4.36. The summed E-state index contributed by atoms with van der Waals surface area (Å²) >= 11 is 0. The highest BCUT2D eigenvalue weighted by Gasteiger charge is 2.40. The van der Waals surface area contributed by atoms with E-state index in [4.69, 9.17) is 0 Å². The number of hydrogen-bond donors (Lipinski definition) is 0. The van der Waals surface area contributed by atoms with Gasteiger partial charge >= 0.3 is 0 Å². The zero-order valence-electron chi connectivity index (χ0n) is 14.4. The van der Waals surface area contributed by atoms with Gasteiger partial charge in [-0.15, -0.1) is 0 Å². The summed E-state index contributed by atoms with van der Waals surface area (Å²) in [6, 6.07) is 12.9.